The van der Waals surface area contributed by atoms with Crippen molar-refractivity contribution in [3.63, 3.8) is 0 Å². The fourth-order valence-electron chi connectivity index (χ4n) is 1.16. The second-order valence-corrected chi connectivity index (χ2v) is 2.65. The van der Waals surface area contributed by atoms with Crippen molar-refractivity contribution in [1.29, 1.82) is 0 Å². The maximum atomic E-state index is 4.16. The van der Waals surface area contributed by atoms with Crippen molar-refractivity contribution in [2.75, 3.05) is 11.9 Å². The van der Waals surface area contributed by atoms with Gasteiger partial charge in [0.2, 0.25) is 0 Å². The Morgan fingerprint density at radius 3 is 2.92 bits per heavy atom. The van der Waals surface area contributed by atoms with Gasteiger partial charge in [-0.2, -0.15) is 0 Å². The Hall–Kier alpha value is -1.71. The van der Waals surface area contributed by atoms with Crippen LogP contribution >= 0.6 is 0 Å². The predicted octanol–water partition coefficient (Wildman–Crippen LogP) is 1.46. The fraction of sp³-hybridized carbons (Fsp3) is 0.222. The van der Waals surface area contributed by atoms with Gasteiger partial charge in [-0.25, -0.2) is 9.97 Å². The molecule has 0 aliphatic carbocycles. The van der Waals surface area contributed by atoms with Crippen molar-refractivity contribution in [3.05, 3.63) is 24.7 Å². The summed E-state index contributed by atoms with van der Waals surface area (Å²) in [5.74, 6) is 0. The van der Waals surface area contributed by atoms with Gasteiger partial charge in [0, 0.05) is 18.9 Å². The van der Waals surface area contributed by atoms with Crippen LogP contribution in [0.1, 0.15) is 6.92 Å². The van der Waals surface area contributed by atoms with E-state index in [9.17, 15) is 0 Å². The molecule has 0 unspecified atom stereocenters. The molecule has 4 nitrogen and oxygen atoms in total. The molecule has 2 aromatic heterocycles. The van der Waals surface area contributed by atoms with Crippen LogP contribution in [0.15, 0.2) is 24.7 Å². The topological polar surface area (TPSA) is 50.7 Å². The van der Waals surface area contributed by atoms with Gasteiger partial charge in [0.25, 0.3) is 0 Å². The van der Waals surface area contributed by atoms with Gasteiger partial charge < -0.3 is 5.32 Å². The highest BCUT2D eigenvalue weighted by molar-refractivity contribution is 5.73. The van der Waals surface area contributed by atoms with Crippen LogP contribution < -0.4 is 5.32 Å². The molecular formula is C9H10N4. The number of fused-ring (bicyclic) bond motifs is 1. The van der Waals surface area contributed by atoms with E-state index in [0.29, 0.717) is 5.65 Å². The Kier molecular flexibility index (Phi) is 2.04. The largest absolute Gasteiger partial charge is 0.384 e. The average Bonchev–Trinajstić information content (AvgIpc) is 2.18. The third-order valence-corrected chi connectivity index (χ3v) is 1.71. The molecule has 2 aromatic rings. The van der Waals surface area contributed by atoms with E-state index in [0.717, 1.165) is 17.7 Å². The highest BCUT2D eigenvalue weighted by Gasteiger charge is 1.97. The maximum absolute atomic E-state index is 4.16. The third-order valence-electron chi connectivity index (χ3n) is 1.71. The number of rotatable bonds is 2. The summed E-state index contributed by atoms with van der Waals surface area (Å²) < 4.78 is 0. The van der Waals surface area contributed by atoms with E-state index in [-0.39, 0.29) is 0 Å². The van der Waals surface area contributed by atoms with E-state index in [1.807, 2.05) is 13.0 Å². The Bertz CT molecular complexity index is 413. The van der Waals surface area contributed by atoms with Crippen LogP contribution in [0.3, 0.4) is 0 Å². The predicted molar refractivity (Wildman–Crippen MR) is 51.5 cm³/mol. The first-order chi connectivity index (χ1) is 6.40. The van der Waals surface area contributed by atoms with Crippen molar-refractivity contribution >= 4 is 16.9 Å². The van der Waals surface area contributed by atoms with E-state index in [4.69, 9.17) is 0 Å². The van der Waals surface area contributed by atoms with E-state index >= 15 is 0 Å². The lowest BCUT2D eigenvalue weighted by atomic mass is 10.3. The van der Waals surface area contributed by atoms with Crippen LogP contribution in [-0.2, 0) is 0 Å². The smallest absolute Gasteiger partial charge is 0.178 e. The first-order valence-electron chi connectivity index (χ1n) is 4.21. The van der Waals surface area contributed by atoms with Gasteiger partial charge in [-0.05, 0) is 13.0 Å². The molecule has 0 aromatic carbocycles. The van der Waals surface area contributed by atoms with E-state index in [1.54, 1.807) is 18.6 Å². The molecule has 2 heterocycles. The summed E-state index contributed by atoms with van der Waals surface area (Å²) in [6.07, 6.45) is 5.07. The lowest BCUT2D eigenvalue weighted by Crippen LogP contribution is -1.97. The zero-order valence-corrected chi connectivity index (χ0v) is 7.36. The van der Waals surface area contributed by atoms with Crippen LogP contribution in [0.4, 0.5) is 5.69 Å². The molecule has 0 saturated heterocycles. The van der Waals surface area contributed by atoms with Gasteiger partial charge in [-0.1, -0.05) is 0 Å². The normalized spacial score (nSPS) is 10.2. The van der Waals surface area contributed by atoms with Gasteiger partial charge in [-0.15, -0.1) is 0 Å². The first kappa shape index (κ1) is 7.91. The molecule has 0 aliphatic rings. The second kappa shape index (κ2) is 3.35. The Morgan fingerprint density at radius 2 is 2.08 bits per heavy atom. The summed E-state index contributed by atoms with van der Waals surface area (Å²) in [5, 5.41) is 3.17. The summed E-state index contributed by atoms with van der Waals surface area (Å²) >= 11 is 0. The van der Waals surface area contributed by atoms with Crippen molar-refractivity contribution in [3.8, 4) is 0 Å². The zero-order chi connectivity index (χ0) is 9.10. The van der Waals surface area contributed by atoms with E-state index < -0.39 is 0 Å². The van der Waals surface area contributed by atoms with E-state index in [1.165, 1.54) is 0 Å². The van der Waals surface area contributed by atoms with Crippen molar-refractivity contribution in [1.82, 2.24) is 15.0 Å². The molecule has 2 rings (SSSR count). The SMILES string of the molecule is CCNc1cnc2nccnc2c1. The lowest BCUT2D eigenvalue weighted by Gasteiger charge is -2.02. The van der Waals surface area contributed by atoms with Gasteiger partial charge in [0.1, 0.15) is 5.52 Å². The number of hydrogen-bond acceptors (Lipinski definition) is 4. The standard InChI is InChI=1S/C9H10N4/c1-2-10-7-5-8-9(13-6-7)12-4-3-11-8/h3-6,10H,2H2,1H3. The Morgan fingerprint density at radius 1 is 1.23 bits per heavy atom. The van der Waals surface area contributed by atoms with Gasteiger partial charge >= 0.3 is 0 Å². The van der Waals surface area contributed by atoms with Gasteiger partial charge in [0.15, 0.2) is 5.65 Å². The number of nitrogens with one attached hydrogen (secondary N) is 1. The van der Waals surface area contributed by atoms with Crippen LogP contribution in [0, 0.1) is 0 Å². The lowest BCUT2D eigenvalue weighted by molar-refractivity contribution is 1.18. The fourth-order valence-corrected chi connectivity index (χ4v) is 1.16. The molecule has 1 N–H and O–H groups in total. The number of hydrogen-bond donors (Lipinski definition) is 1. The molecule has 13 heavy (non-hydrogen) atoms. The minimum atomic E-state index is 0.684. The second-order valence-electron chi connectivity index (χ2n) is 2.65. The molecule has 0 spiro atoms. The summed E-state index contributed by atoms with van der Waals surface area (Å²) in [6.45, 7) is 2.92. The van der Waals surface area contributed by atoms with Gasteiger partial charge in [0.05, 0.1) is 11.9 Å². The van der Waals surface area contributed by atoms with Crippen molar-refractivity contribution < 1.29 is 0 Å². The quantitative estimate of drug-likeness (QED) is 0.748. The number of pyridine rings is 1. The van der Waals surface area contributed by atoms with E-state index in [2.05, 4.69) is 20.3 Å². The van der Waals surface area contributed by atoms with Gasteiger partial charge in [-0.3, -0.25) is 4.98 Å². The number of nitrogens with zero attached hydrogens (tertiary/aromatic N) is 3. The molecule has 0 fully saturated rings. The third kappa shape index (κ3) is 1.56. The summed E-state index contributed by atoms with van der Waals surface area (Å²) in [5.41, 5.74) is 2.49. The Balaban J connectivity index is 2.49. The molecule has 0 amide bonds. The van der Waals surface area contributed by atoms with Crippen LogP contribution in [0.2, 0.25) is 0 Å². The highest BCUT2D eigenvalue weighted by atomic mass is 14.9. The summed E-state index contributed by atoms with van der Waals surface area (Å²) in [4.78, 5) is 12.4. The van der Waals surface area contributed by atoms with Crippen LogP contribution in [-0.4, -0.2) is 21.5 Å². The first-order valence-corrected chi connectivity index (χ1v) is 4.21. The number of aromatic nitrogens is 3. The zero-order valence-electron chi connectivity index (χ0n) is 7.36. The highest BCUT2D eigenvalue weighted by Crippen LogP contribution is 2.11. The number of anilines is 1. The monoisotopic (exact) mass is 174 g/mol. The molecule has 0 atom stereocenters. The molecule has 0 aliphatic heterocycles. The molecule has 0 bridgehead atoms. The van der Waals surface area contributed by atoms with Crippen molar-refractivity contribution in [2.45, 2.75) is 6.92 Å². The van der Waals surface area contributed by atoms with Crippen molar-refractivity contribution in [2.24, 2.45) is 0 Å². The molecule has 66 valence electrons. The minimum Gasteiger partial charge on any atom is -0.384 e. The molecule has 0 radical (unpaired) electrons. The molecule has 4 heteroatoms. The summed E-state index contributed by atoms with van der Waals surface area (Å²) in [7, 11) is 0. The van der Waals surface area contributed by atoms with Crippen LogP contribution in [0.25, 0.3) is 11.2 Å². The van der Waals surface area contributed by atoms with Crippen LogP contribution in [0.5, 0.6) is 0 Å². The minimum absolute atomic E-state index is 0.684. The average molecular weight is 174 g/mol. The molecule has 0 saturated carbocycles. The maximum Gasteiger partial charge on any atom is 0.178 e. The molecular weight excluding hydrogens is 164 g/mol. The Labute approximate surface area is 76.1 Å². The summed E-state index contributed by atoms with van der Waals surface area (Å²) in [6, 6.07) is 1.94.